The minimum absolute atomic E-state index is 0.0546. The summed E-state index contributed by atoms with van der Waals surface area (Å²) in [5.41, 5.74) is 4.41. The molecule has 0 unspecified atom stereocenters. The van der Waals surface area contributed by atoms with Gasteiger partial charge in [-0.25, -0.2) is 4.79 Å². The second-order valence-electron chi connectivity index (χ2n) is 3.42. The first kappa shape index (κ1) is 14.4. The molecular weight excluding hydrogens is 256 g/mol. The van der Waals surface area contributed by atoms with E-state index in [-0.39, 0.29) is 23.6 Å². The number of hydrogen-bond donors (Lipinski definition) is 1. The molecule has 0 spiro atoms. The minimum atomic E-state index is -0.870. The highest BCUT2D eigenvalue weighted by Gasteiger charge is 2.19. The van der Waals surface area contributed by atoms with Crippen molar-refractivity contribution in [2.24, 2.45) is 5.73 Å². The number of esters is 1. The Labute approximate surface area is 108 Å². The molecule has 0 aliphatic carbocycles. The van der Waals surface area contributed by atoms with E-state index in [9.17, 15) is 19.7 Å². The summed E-state index contributed by atoms with van der Waals surface area (Å²) < 4.78 is 9.61. The van der Waals surface area contributed by atoms with Crippen molar-refractivity contribution < 1.29 is 24.0 Å². The van der Waals surface area contributed by atoms with Crippen LogP contribution in [0.15, 0.2) is 18.2 Å². The molecule has 0 atom stereocenters. The summed E-state index contributed by atoms with van der Waals surface area (Å²) in [7, 11) is 0. The molecule has 0 fully saturated rings. The van der Waals surface area contributed by atoms with Crippen molar-refractivity contribution in [3.63, 3.8) is 0 Å². The molecule has 8 heteroatoms. The predicted octanol–water partition coefficient (Wildman–Crippen LogP) is 0.636. The van der Waals surface area contributed by atoms with Gasteiger partial charge in [0, 0.05) is 6.07 Å². The Hall–Kier alpha value is -2.64. The maximum Gasteiger partial charge on any atom is 0.338 e. The van der Waals surface area contributed by atoms with Gasteiger partial charge >= 0.3 is 11.7 Å². The second-order valence-corrected chi connectivity index (χ2v) is 3.42. The van der Waals surface area contributed by atoms with Crippen LogP contribution in [-0.4, -0.2) is 30.0 Å². The number of nitro benzene ring substituents is 1. The van der Waals surface area contributed by atoms with Gasteiger partial charge in [-0.3, -0.25) is 14.9 Å². The Morgan fingerprint density at radius 2 is 2.11 bits per heavy atom. The summed E-state index contributed by atoms with van der Waals surface area (Å²) in [6, 6.07) is 3.62. The van der Waals surface area contributed by atoms with Crippen LogP contribution in [-0.2, 0) is 9.53 Å². The van der Waals surface area contributed by atoms with Gasteiger partial charge in [-0.15, -0.1) is 0 Å². The lowest BCUT2D eigenvalue weighted by molar-refractivity contribution is -0.385. The van der Waals surface area contributed by atoms with Crippen LogP contribution in [0.4, 0.5) is 5.69 Å². The van der Waals surface area contributed by atoms with Crippen molar-refractivity contribution in [2.45, 2.75) is 6.92 Å². The first-order valence-corrected chi connectivity index (χ1v) is 5.32. The lowest BCUT2D eigenvalue weighted by atomic mass is 10.2. The highest BCUT2D eigenvalue weighted by molar-refractivity contribution is 5.92. The van der Waals surface area contributed by atoms with Crippen molar-refractivity contribution in [3.05, 3.63) is 33.9 Å². The van der Waals surface area contributed by atoms with Crippen molar-refractivity contribution in [2.75, 3.05) is 13.2 Å². The lowest BCUT2D eigenvalue weighted by Gasteiger charge is -2.06. The molecule has 102 valence electrons. The topological polar surface area (TPSA) is 122 Å². The summed E-state index contributed by atoms with van der Waals surface area (Å²) in [4.78, 5) is 32.1. The van der Waals surface area contributed by atoms with Crippen LogP contribution >= 0.6 is 0 Å². The Morgan fingerprint density at radius 3 is 2.63 bits per heavy atom. The highest BCUT2D eigenvalue weighted by atomic mass is 16.6. The van der Waals surface area contributed by atoms with Crippen molar-refractivity contribution in [1.29, 1.82) is 0 Å². The maximum atomic E-state index is 11.5. The smallest absolute Gasteiger partial charge is 0.338 e. The van der Waals surface area contributed by atoms with Gasteiger partial charge in [0.25, 0.3) is 5.91 Å². The molecule has 0 bridgehead atoms. The fourth-order valence-electron chi connectivity index (χ4n) is 1.28. The maximum absolute atomic E-state index is 11.5. The van der Waals surface area contributed by atoms with Crippen LogP contribution in [0.2, 0.25) is 0 Å². The molecule has 0 aliphatic heterocycles. The van der Waals surface area contributed by atoms with Gasteiger partial charge < -0.3 is 15.2 Å². The number of carbonyl (C=O) groups excluding carboxylic acids is 2. The lowest BCUT2D eigenvalue weighted by Crippen LogP contribution is -2.21. The fourth-order valence-corrected chi connectivity index (χ4v) is 1.28. The number of nitrogens with two attached hydrogens (primary N) is 1. The molecular formula is C11H12N2O6. The minimum Gasteiger partial charge on any atom is -0.487 e. The molecule has 0 saturated heterocycles. The summed E-state index contributed by atoms with van der Waals surface area (Å²) in [5, 5.41) is 10.8. The fraction of sp³-hybridized carbons (Fsp3) is 0.273. The third-order valence-corrected chi connectivity index (χ3v) is 2.04. The van der Waals surface area contributed by atoms with Crippen molar-refractivity contribution in [1.82, 2.24) is 0 Å². The first-order chi connectivity index (χ1) is 8.95. The summed E-state index contributed by atoms with van der Waals surface area (Å²) in [6.45, 7) is 1.35. The zero-order chi connectivity index (χ0) is 14.4. The number of carbonyl (C=O) groups is 2. The SMILES string of the molecule is CCOc1ccc(C(=O)OCC(N)=O)cc1[N+](=O)[O-]. The zero-order valence-corrected chi connectivity index (χ0v) is 10.1. The molecule has 0 radical (unpaired) electrons. The molecule has 0 heterocycles. The van der Waals surface area contributed by atoms with Crippen LogP contribution < -0.4 is 10.5 Å². The second kappa shape index (κ2) is 6.34. The molecule has 0 aromatic heterocycles. The number of rotatable bonds is 6. The number of benzene rings is 1. The number of hydrogen-bond acceptors (Lipinski definition) is 6. The Balaban J connectivity index is 2.97. The van der Waals surface area contributed by atoms with Gasteiger partial charge in [0.1, 0.15) is 0 Å². The predicted molar refractivity (Wildman–Crippen MR) is 63.7 cm³/mol. The molecule has 19 heavy (non-hydrogen) atoms. The van der Waals surface area contributed by atoms with Crippen LogP contribution in [0.1, 0.15) is 17.3 Å². The van der Waals surface area contributed by atoms with E-state index >= 15 is 0 Å². The molecule has 1 rings (SSSR count). The van der Waals surface area contributed by atoms with Gasteiger partial charge in [0.15, 0.2) is 12.4 Å². The van der Waals surface area contributed by atoms with E-state index in [0.717, 1.165) is 6.07 Å². The van der Waals surface area contributed by atoms with Crippen molar-refractivity contribution >= 4 is 17.6 Å². The number of nitro groups is 1. The van der Waals surface area contributed by atoms with Crippen molar-refractivity contribution in [3.8, 4) is 5.75 Å². The number of nitrogens with zero attached hydrogens (tertiary/aromatic N) is 1. The Morgan fingerprint density at radius 1 is 1.42 bits per heavy atom. The van der Waals surface area contributed by atoms with Gasteiger partial charge in [-0.05, 0) is 19.1 Å². The number of primary amides is 1. The van der Waals surface area contributed by atoms with Crippen LogP contribution in [0.25, 0.3) is 0 Å². The molecule has 1 amide bonds. The molecule has 8 nitrogen and oxygen atoms in total. The first-order valence-electron chi connectivity index (χ1n) is 5.32. The average Bonchev–Trinajstić information content (AvgIpc) is 2.36. The van der Waals surface area contributed by atoms with Crippen LogP contribution in [0.3, 0.4) is 0 Å². The van der Waals surface area contributed by atoms with E-state index in [1.165, 1.54) is 12.1 Å². The quantitative estimate of drug-likeness (QED) is 0.459. The van der Waals surface area contributed by atoms with E-state index in [2.05, 4.69) is 4.74 Å². The third kappa shape index (κ3) is 3.95. The third-order valence-electron chi connectivity index (χ3n) is 2.04. The highest BCUT2D eigenvalue weighted by Crippen LogP contribution is 2.28. The van der Waals surface area contributed by atoms with Gasteiger partial charge in [0.2, 0.25) is 0 Å². The number of ether oxygens (including phenoxy) is 2. The van der Waals surface area contributed by atoms with Crippen LogP contribution in [0.5, 0.6) is 5.75 Å². The van der Waals surface area contributed by atoms with E-state index in [0.29, 0.717) is 0 Å². The standard InChI is InChI=1S/C11H12N2O6/c1-2-18-9-4-3-7(5-8(9)13(16)17)11(15)19-6-10(12)14/h3-5H,2,6H2,1H3,(H2,12,14). The van der Waals surface area contributed by atoms with E-state index < -0.39 is 23.4 Å². The van der Waals surface area contributed by atoms with Gasteiger partial charge in [-0.2, -0.15) is 0 Å². The van der Waals surface area contributed by atoms with E-state index in [1.54, 1.807) is 6.92 Å². The van der Waals surface area contributed by atoms with E-state index in [1.807, 2.05) is 0 Å². The monoisotopic (exact) mass is 268 g/mol. The zero-order valence-electron chi connectivity index (χ0n) is 10.1. The summed E-state index contributed by atoms with van der Waals surface area (Å²) >= 11 is 0. The van der Waals surface area contributed by atoms with Crippen LogP contribution in [0, 0.1) is 10.1 Å². The molecule has 2 N–H and O–H groups in total. The molecule has 0 saturated carbocycles. The van der Waals surface area contributed by atoms with Gasteiger partial charge in [-0.1, -0.05) is 0 Å². The number of amides is 1. The summed E-state index contributed by atoms with van der Waals surface area (Å²) in [5.74, 6) is -1.63. The summed E-state index contributed by atoms with van der Waals surface area (Å²) in [6.07, 6.45) is 0. The molecule has 1 aromatic rings. The molecule has 1 aromatic carbocycles. The molecule has 0 aliphatic rings. The normalized spacial score (nSPS) is 9.74. The Kier molecular flexibility index (Phi) is 4.81. The van der Waals surface area contributed by atoms with E-state index in [4.69, 9.17) is 10.5 Å². The van der Waals surface area contributed by atoms with Gasteiger partial charge in [0.05, 0.1) is 17.1 Å². The largest absolute Gasteiger partial charge is 0.487 e. The Bertz CT molecular complexity index is 514. The average molecular weight is 268 g/mol.